The highest BCUT2D eigenvalue weighted by atomic mass is 16.1. The molecule has 2 aromatic heterocycles. The first-order chi connectivity index (χ1) is 8.70. The molecule has 0 saturated heterocycles. The fourth-order valence-electron chi connectivity index (χ4n) is 2.23. The molecule has 1 aromatic carbocycles. The maximum absolute atomic E-state index is 11.6. The predicted molar refractivity (Wildman–Crippen MR) is 70.7 cm³/mol. The monoisotopic (exact) mass is 239 g/mol. The fraction of sp³-hybridized carbons (Fsp3) is 0.214. The number of fused-ring (bicyclic) bond motifs is 2. The summed E-state index contributed by atoms with van der Waals surface area (Å²) >= 11 is 0. The van der Waals surface area contributed by atoms with Crippen LogP contribution in [0.15, 0.2) is 30.3 Å². The second-order valence-electron chi connectivity index (χ2n) is 4.25. The number of aryl methyl sites for hydroxylation is 1. The van der Waals surface area contributed by atoms with Crippen molar-refractivity contribution in [2.45, 2.75) is 20.4 Å². The van der Waals surface area contributed by atoms with Crippen LogP contribution in [0, 0.1) is 0 Å². The van der Waals surface area contributed by atoms with E-state index in [1.54, 1.807) is 6.92 Å². The molecule has 90 valence electrons. The normalized spacial score (nSPS) is 11.2. The van der Waals surface area contributed by atoms with E-state index in [9.17, 15) is 4.79 Å². The van der Waals surface area contributed by atoms with E-state index in [2.05, 4.69) is 9.97 Å². The van der Waals surface area contributed by atoms with Crippen LogP contribution in [-0.2, 0) is 6.54 Å². The summed E-state index contributed by atoms with van der Waals surface area (Å²) in [5.41, 5.74) is 3.94. The highest BCUT2D eigenvalue weighted by molar-refractivity contribution is 5.98. The van der Waals surface area contributed by atoms with E-state index < -0.39 is 0 Å². The molecule has 3 rings (SSSR count). The van der Waals surface area contributed by atoms with Gasteiger partial charge in [-0.25, -0.2) is 9.97 Å². The van der Waals surface area contributed by atoms with Crippen LogP contribution in [0.2, 0.25) is 0 Å². The molecular formula is C14H13N3O. The zero-order chi connectivity index (χ0) is 12.7. The molecule has 18 heavy (non-hydrogen) atoms. The number of carbonyl (C=O) groups excluding carboxylic acids is 1. The molecule has 0 saturated carbocycles. The lowest BCUT2D eigenvalue weighted by Crippen LogP contribution is -2.05. The Labute approximate surface area is 104 Å². The van der Waals surface area contributed by atoms with Gasteiger partial charge in [-0.3, -0.25) is 4.79 Å². The van der Waals surface area contributed by atoms with Crippen LogP contribution in [0.4, 0.5) is 0 Å². The van der Waals surface area contributed by atoms with Crippen molar-refractivity contribution in [3.63, 3.8) is 0 Å². The highest BCUT2D eigenvalue weighted by Crippen LogP contribution is 2.20. The molecule has 0 fully saturated rings. The molecule has 0 aliphatic heterocycles. The lowest BCUT2D eigenvalue weighted by Gasteiger charge is -2.04. The minimum atomic E-state index is 0.0423. The van der Waals surface area contributed by atoms with E-state index >= 15 is 0 Å². The zero-order valence-corrected chi connectivity index (χ0v) is 10.3. The number of carbonyl (C=O) groups is 1. The number of hydrogen-bond donors (Lipinski definition) is 0. The minimum absolute atomic E-state index is 0.0423. The summed E-state index contributed by atoms with van der Waals surface area (Å²) < 4.78 is 1.91. The molecule has 2 heterocycles. The van der Waals surface area contributed by atoms with Gasteiger partial charge < -0.3 is 4.57 Å². The lowest BCUT2D eigenvalue weighted by atomic mass is 10.3. The third-order valence-electron chi connectivity index (χ3n) is 3.07. The molecule has 0 radical (unpaired) electrons. The van der Waals surface area contributed by atoms with E-state index in [0.717, 1.165) is 22.2 Å². The van der Waals surface area contributed by atoms with Gasteiger partial charge >= 0.3 is 0 Å². The van der Waals surface area contributed by atoms with Gasteiger partial charge in [0.1, 0.15) is 5.52 Å². The maximum Gasteiger partial charge on any atom is 0.176 e. The standard InChI is InChI=1S/C14H13N3O/c1-3-17-13(9(2)18)8-12-14(17)16-11-7-5-4-6-10(11)15-12/h4-8H,3H2,1-2H3. The van der Waals surface area contributed by atoms with E-state index in [1.165, 1.54) is 0 Å². The van der Waals surface area contributed by atoms with Gasteiger partial charge in [-0.05, 0) is 25.1 Å². The summed E-state index contributed by atoms with van der Waals surface area (Å²) in [6.07, 6.45) is 0. The second-order valence-corrected chi connectivity index (χ2v) is 4.25. The number of Topliss-reactive ketones (excluding diaryl/α,β-unsaturated/α-hetero) is 1. The molecular weight excluding hydrogens is 226 g/mol. The Hall–Kier alpha value is -2.23. The SMILES string of the molecule is CCn1c(C(C)=O)cc2nc3ccccc3nc21. The number of rotatable bonds is 2. The quantitative estimate of drug-likeness (QED) is 0.646. The Morgan fingerprint density at radius 1 is 1.17 bits per heavy atom. The van der Waals surface area contributed by atoms with Crippen molar-refractivity contribution in [1.82, 2.24) is 14.5 Å². The Morgan fingerprint density at radius 2 is 1.83 bits per heavy atom. The summed E-state index contributed by atoms with van der Waals surface area (Å²) in [4.78, 5) is 20.8. The Morgan fingerprint density at radius 3 is 2.44 bits per heavy atom. The molecule has 0 bridgehead atoms. The number of hydrogen-bond acceptors (Lipinski definition) is 3. The first-order valence-corrected chi connectivity index (χ1v) is 5.97. The molecule has 0 aliphatic rings. The van der Waals surface area contributed by atoms with Crippen molar-refractivity contribution >= 4 is 28.0 Å². The summed E-state index contributed by atoms with van der Waals surface area (Å²) in [7, 11) is 0. The molecule has 4 heteroatoms. The van der Waals surface area contributed by atoms with E-state index in [4.69, 9.17) is 0 Å². The smallest absolute Gasteiger partial charge is 0.176 e. The van der Waals surface area contributed by atoms with Crippen LogP contribution in [0.5, 0.6) is 0 Å². The van der Waals surface area contributed by atoms with Crippen LogP contribution in [0.25, 0.3) is 22.2 Å². The number of para-hydroxylation sites is 2. The third-order valence-corrected chi connectivity index (χ3v) is 3.07. The minimum Gasteiger partial charge on any atom is -0.322 e. The van der Waals surface area contributed by atoms with E-state index in [0.29, 0.717) is 12.2 Å². The van der Waals surface area contributed by atoms with E-state index in [-0.39, 0.29) is 5.78 Å². The van der Waals surface area contributed by atoms with Crippen molar-refractivity contribution in [3.05, 3.63) is 36.0 Å². The van der Waals surface area contributed by atoms with Gasteiger partial charge in [0.25, 0.3) is 0 Å². The Bertz CT molecular complexity index is 758. The molecule has 0 atom stereocenters. The second kappa shape index (κ2) is 3.91. The summed E-state index contributed by atoms with van der Waals surface area (Å²) in [6, 6.07) is 9.56. The molecule has 0 unspecified atom stereocenters. The highest BCUT2D eigenvalue weighted by Gasteiger charge is 2.13. The average Bonchev–Trinajstić information content (AvgIpc) is 2.73. The van der Waals surface area contributed by atoms with Crippen LogP contribution in [-0.4, -0.2) is 20.3 Å². The van der Waals surface area contributed by atoms with Gasteiger partial charge in [-0.1, -0.05) is 12.1 Å². The summed E-state index contributed by atoms with van der Waals surface area (Å²) in [5, 5.41) is 0. The van der Waals surface area contributed by atoms with E-state index in [1.807, 2.05) is 41.8 Å². The first-order valence-electron chi connectivity index (χ1n) is 5.97. The molecule has 0 N–H and O–H groups in total. The molecule has 0 aliphatic carbocycles. The van der Waals surface area contributed by atoms with Crippen molar-refractivity contribution in [2.75, 3.05) is 0 Å². The van der Waals surface area contributed by atoms with Crippen molar-refractivity contribution < 1.29 is 4.79 Å². The first kappa shape index (κ1) is 10.9. The number of benzene rings is 1. The van der Waals surface area contributed by atoms with Gasteiger partial charge in [-0.2, -0.15) is 0 Å². The summed E-state index contributed by atoms with van der Waals surface area (Å²) in [5.74, 6) is 0.0423. The molecule has 3 aromatic rings. The van der Waals surface area contributed by atoms with Gasteiger partial charge in [0, 0.05) is 13.5 Å². The van der Waals surface area contributed by atoms with Crippen molar-refractivity contribution in [3.8, 4) is 0 Å². The molecule has 0 amide bonds. The fourth-order valence-corrected chi connectivity index (χ4v) is 2.23. The summed E-state index contributed by atoms with van der Waals surface area (Å²) in [6.45, 7) is 4.29. The lowest BCUT2D eigenvalue weighted by molar-refractivity contribution is 0.100. The zero-order valence-electron chi connectivity index (χ0n) is 10.3. The van der Waals surface area contributed by atoms with Crippen molar-refractivity contribution in [2.24, 2.45) is 0 Å². The van der Waals surface area contributed by atoms with Crippen LogP contribution < -0.4 is 0 Å². The number of ketones is 1. The number of aromatic nitrogens is 3. The predicted octanol–water partition coefficient (Wildman–Crippen LogP) is 2.81. The topological polar surface area (TPSA) is 47.8 Å². The Balaban J connectivity index is 2.43. The van der Waals surface area contributed by atoms with Crippen LogP contribution in [0.3, 0.4) is 0 Å². The van der Waals surface area contributed by atoms with Gasteiger partial charge in [0.15, 0.2) is 11.4 Å². The largest absolute Gasteiger partial charge is 0.322 e. The Kier molecular flexibility index (Phi) is 2.37. The number of nitrogens with zero attached hydrogens (tertiary/aromatic N) is 3. The van der Waals surface area contributed by atoms with Gasteiger partial charge in [0.2, 0.25) is 0 Å². The van der Waals surface area contributed by atoms with Gasteiger partial charge in [-0.15, -0.1) is 0 Å². The third kappa shape index (κ3) is 1.49. The maximum atomic E-state index is 11.6. The van der Waals surface area contributed by atoms with Crippen molar-refractivity contribution in [1.29, 1.82) is 0 Å². The molecule has 0 spiro atoms. The average molecular weight is 239 g/mol. The molecule has 4 nitrogen and oxygen atoms in total. The van der Waals surface area contributed by atoms with Crippen LogP contribution >= 0.6 is 0 Å². The van der Waals surface area contributed by atoms with Gasteiger partial charge in [0.05, 0.1) is 16.7 Å². The van der Waals surface area contributed by atoms with Crippen LogP contribution in [0.1, 0.15) is 24.3 Å².